The monoisotopic (exact) mass is 321 g/mol. The minimum atomic E-state index is -3.55. The minimum absolute atomic E-state index is 0.0473. The Morgan fingerprint density at radius 3 is 2.41 bits per heavy atom. The van der Waals surface area contributed by atoms with Crippen LogP contribution in [0, 0.1) is 0 Å². The molecule has 0 aliphatic rings. The van der Waals surface area contributed by atoms with Gasteiger partial charge >= 0.3 is 5.97 Å². The third-order valence-corrected chi connectivity index (χ3v) is 4.62. The van der Waals surface area contributed by atoms with Crippen LogP contribution in [0.3, 0.4) is 0 Å². The van der Waals surface area contributed by atoms with Crippen molar-refractivity contribution >= 4 is 31.9 Å². The van der Waals surface area contributed by atoms with Crippen LogP contribution in [0.2, 0.25) is 0 Å². The number of carbonyl (C=O) groups is 1. The normalized spacial score (nSPS) is 11.6. The first-order valence-corrected chi connectivity index (χ1v) is 6.84. The van der Waals surface area contributed by atoms with Gasteiger partial charge in [-0.1, -0.05) is 0 Å². The summed E-state index contributed by atoms with van der Waals surface area (Å²) in [5.41, 5.74) is 0.176. The molecule has 0 N–H and O–H groups in total. The standard InChI is InChI=1S/C10H12BrNO4S/c1-12(2)17(14,15)7-4-5-9(11)8(6-7)10(13)16-3/h4-6H,1-3H3. The highest BCUT2D eigenvalue weighted by Gasteiger charge is 2.20. The summed E-state index contributed by atoms with van der Waals surface area (Å²) in [6.45, 7) is 0. The van der Waals surface area contributed by atoms with E-state index in [9.17, 15) is 13.2 Å². The highest BCUT2D eigenvalue weighted by molar-refractivity contribution is 9.10. The van der Waals surface area contributed by atoms with Crippen molar-refractivity contribution in [3.05, 3.63) is 28.2 Å². The number of hydrogen-bond donors (Lipinski definition) is 0. The number of esters is 1. The van der Waals surface area contributed by atoms with Gasteiger partial charge in [0.05, 0.1) is 17.6 Å². The molecule has 1 aromatic carbocycles. The molecule has 0 amide bonds. The molecular formula is C10H12BrNO4S. The topological polar surface area (TPSA) is 63.7 Å². The number of sulfonamides is 1. The Morgan fingerprint density at radius 2 is 1.94 bits per heavy atom. The Balaban J connectivity index is 3.37. The van der Waals surface area contributed by atoms with Crippen molar-refractivity contribution in [3.8, 4) is 0 Å². The molecule has 0 radical (unpaired) electrons. The van der Waals surface area contributed by atoms with Crippen molar-refractivity contribution in [2.24, 2.45) is 0 Å². The summed E-state index contributed by atoms with van der Waals surface area (Å²) in [7, 11) is 0.536. The maximum Gasteiger partial charge on any atom is 0.339 e. The van der Waals surface area contributed by atoms with E-state index in [4.69, 9.17) is 0 Å². The average molecular weight is 322 g/mol. The maximum atomic E-state index is 11.9. The highest BCUT2D eigenvalue weighted by atomic mass is 79.9. The van der Waals surface area contributed by atoms with E-state index in [1.54, 1.807) is 0 Å². The molecule has 0 atom stereocenters. The molecule has 1 rings (SSSR count). The van der Waals surface area contributed by atoms with Crippen LogP contribution in [0.25, 0.3) is 0 Å². The molecule has 1 aromatic rings. The minimum Gasteiger partial charge on any atom is -0.465 e. The van der Waals surface area contributed by atoms with Crippen molar-refractivity contribution in [3.63, 3.8) is 0 Å². The van der Waals surface area contributed by atoms with Gasteiger partial charge in [-0.25, -0.2) is 17.5 Å². The molecule has 0 fully saturated rings. The average Bonchev–Trinajstić information content (AvgIpc) is 2.28. The number of halogens is 1. The Kier molecular flexibility index (Phi) is 4.29. The zero-order chi connectivity index (χ0) is 13.2. The molecule has 0 spiro atoms. The lowest BCUT2D eigenvalue weighted by molar-refractivity contribution is 0.0599. The zero-order valence-electron chi connectivity index (χ0n) is 9.60. The number of carbonyl (C=O) groups excluding carboxylic acids is 1. The van der Waals surface area contributed by atoms with E-state index in [-0.39, 0.29) is 10.5 Å². The molecule has 0 saturated carbocycles. The zero-order valence-corrected chi connectivity index (χ0v) is 12.0. The number of rotatable bonds is 3. The summed E-state index contributed by atoms with van der Waals surface area (Å²) >= 11 is 3.17. The van der Waals surface area contributed by atoms with E-state index in [2.05, 4.69) is 20.7 Å². The smallest absolute Gasteiger partial charge is 0.339 e. The van der Waals surface area contributed by atoms with Gasteiger partial charge in [0.2, 0.25) is 10.0 Å². The van der Waals surface area contributed by atoms with Crippen molar-refractivity contribution < 1.29 is 17.9 Å². The predicted molar refractivity (Wildman–Crippen MR) is 66.4 cm³/mol. The van der Waals surface area contributed by atoms with Crippen LogP contribution in [0.5, 0.6) is 0 Å². The van der Waals surface area contributed by atoms with E-state index >= 15 is 0 Å². The first-order chi connectivity index (χ1) is 7.80. The van der Waals surface area contributed by atoms with E-state index in [1.165, 1.54) is 39.4 Å². The Labute approximate surface area is 109 Å². The summed E-state index contributed by atoms with van der Waals surface area (Å²) in [4.78, 5) is 11.5. The Morgan fingerprint density at radius 1 is 1.35 bits per heavy atom. The van der Waals surface area contributed by atoms with Crippen LogP contribution in [0.4, 0.5) is 0 Å². The molecule has 0 aliphatic carbocycles. The quantitative estimate of drug-likeness (QED) is 0.791. The van der Waals surface area contributed by atoms with Crippen LogP contribution < -0.4 is 0 Å². The molecule has 0 saturated heterocycles. The first-order valence-electron chi connectivity index (χ1n) is 4.61. The van der Waals surface area contributed by atoms with Crippen LogP contribution >= 0.6 is 15.9 Å². The highest BCUT2D eigenvalue weighted by Crippen LogP contribution is 2.23. The van der Waals surface area contributed by atoms with Crippen LogP contribution in [0.1, 0.15) is 10.4 Å². The van der Waals surface area contributed by atoms with E-state index in [0.717, 1.165) is 4.31 Å². The molecule has 94 valence electrons. The SMILES string of the molecule is COC(=O)c1cc(S(=O)(=O)N(C)C)ccc1Br. The van der Waals surface area contributed by atoms with Crippen molar-refractivity contribution in [1.29, 1.82) is 0 Å². The van der Waals surface area contributed by atoms with Crippen molar-refractivity contribution in [2.45, 2.75) is 4.90 Å². The summed E-state index contributed by atoms with van der Waals surface area (Å²) in [5.74, 6) is -0.590. The van der Waals surface area contributed by atoms with Gasteiger partial charge in [0.15, 0.2) is 0 Å². The lowest BCUT2D eigenvalue weighted by Crippen LogP contribution is -2.22. The van der Waals surface area contributed by atoms with Gasteiger partial charge in [0.25, 0.3) is 0 Å². The van der Waals surface area contributed by atoms with E-state index in [1.807, 2.05) is 0 Å². The molecule has 7 heteroatoms. The molecule has 5 nitrogen and oxygen atoms in total. The lowest BCUT2D eigenvalue weighted by Gasteiger charge is -2.12. The molecule has 0 heterocycles. The third kappa shape index (κ3) is 2.85. The Hall–Kier alpha value is -0.920. The molecule has 0 bridgehead atoms. The van der Waals surface area contributed by atoms with Gasteiger partial charge in [0, 0.05) is 18.6 Å². The van der Waals surface area contributed by atoms with E-state index < -0.39 is 16.0 Å². The van der Waals surface area contributed by atoms with E-state index in [0.29, 0.717) is 4.47 Å². The number of benzene rings is 1. The number of nitrogens with zero attached hydrogens (tertiary/aromatic N) is 1. The van der Waals surface area contributed by atoms with Gasteiger partial charge < -0.3 is 4.74 Å². The van der Waals surface area contributed by atoms with Gasteiger partial charge in [0.1, 0.15) is 0 Å². The first kappa shape index (κ1) is 14.1. The Bertz CT molecular complexity index is 539. The van der Waals surface area contributed by atoms with Crippen LogP contribution in [-0.4, -0.2) is 39.9 Å². The van der Waals surface area contributed by atoms with Gasteiger partial charge in [-0.15, -0.1) is 0 Å². The molecule has 0 unspecified atom stereocenters. The molecule has 17 heavy (non-hydrogen) atoms. The van der Waals surface area contributed by atoms with Crippen molar-refractivity contribution in [1.82, 2.24) is 4.31 Å². The number of hydrogen-bond acceptors (Lipinski definition) is 4. The van der Waals surface area contributed by atoms with Gasteiger partial charge in [-0.2, -0.15) is 0 Å². The van der Waals surface area contributed by atoms with Crippen LogP contribution in [-0.2, 0) is 14.8 Å². The number of methoxy groups -OCH3 is 1. The van der Waals surface area contributed by atoms with Gasteiger partial charge in [-0.05, 0) is 34.1 Å². The second-order valence-corrected chi connectivity index (χ2v) is 6.43. The summed E-state index contributed by atoms with van der Waals surface area (Å²) in [5, 5.41) is 0. The second kappa shape index (κ2) is 5.16. The summed E-state index contributed by atoms with van der Waals surface area (Å²) in [6, 6.07) is 4.21. The fraction of sp³-hybridized carbons (Fsp3) is 0.300. The summed E-state index contributed by atoms with van der Waals surface area (Å²) in [6.07, 6.45) is 0. The van der Waals surface area contributed by atoms with Crippen LogP contribution in [0.15, 0.2) is 27.6 Å². The third-order valence-electron chi connectivity index (χ3n) is 2.12. The second-order valence-electron chi connectivity index (χ2n) is 3.42. The van der Waals surface area contributed by atoms with Gasteiger partial charge in [-0.3, -0.25) is 0 Å². The molecule has 0 aliphatic heterocycles. The predicted octanol–water partition coefficient (Wildman–Crippen LogP) is 1.49. The van der Waals surface area contributed by atoms with Crippen molar-refractivity contribution in [2.75, 3.05) is 21.2 Å². The molecular weight excluding hydrogens is 310 g/mol. The fourth-order valence-corrected chi connectivity index (χ4v) is 2.48. The fourth-order valence-electron chi connectivity index (χ4n) is 1.14. The number of ether oxygens (including phenoxy) is 1. The summed E-state index contributed by atoms with van der Waals surface area (Å²) < 4.78 is 29.9. The molecule has 0 aromatic heterocycles. The largest absolute Gasteiger partial charge is 0.465 e. The maximum absolute atomic E-state index is 11.9. The lowest BCUT2D eigenvalue weighted by atomic mass is 10.2.